The zero-order chi connectivity index (χ0) is 30.3. The average Bonchev–Trinajstić information content (AvgIpc) is 2.94. The van der Waals surface area contributed by atoms with Crippen molar-refractivity contribution in [2.45, 2.75) is 32.4 Å². The Bertz CT molecular complexity index is 1150. The summed E-state index contributed by atoms with van der Waals surface area (Å²) in [6.07, 6.45) is 8.09. The number of carbonyl (C=O) groups is 1. The molecule has 0 radical (unpaired) electrons. The molecule has 0 fully saturated rings. The molecule has 0 heterocycles. The molecule has 2 aromatic rings. The summed E-state index contributed by atoms with van der Waals surface area (Å²) >= 11 is 1.39. The van der Waals surface area contributed by atoms with Gasteiger partial charge >= 0.3 is 0 Å². The second-order valence-electron chi connectivity index (χ2n) is 8.07. The number of carbonyl (C=O) groups excluding carboxylic acids is 1. The number of rotatable bonds is 11. The quantitative estimate of drug-likeness (QED) is 0.0998. The fraction of sp³-hybridized carbons (Fsp3) is 0.258. The molecule has 2 rings (SSSR count). The Morgan fingerprint density at radius 3 is 2.30 bits per heavy atom. The van der Waals surface area contributed by atoms with E-state index in [2.05, 4.69) is 29.9 Å². The molecule has 0 amide bonds. The first-order valence-electron chi connectivity index (χ1n) is 12.4. The minimum Gasteiger partial charge on any atom is -0.497 e. The van der Waals surface area contributed by atoms with Gasteiger partial charge in [-0.3, -0.25) is 0 Å². The lowest BCUT2D eigenvalue weighted by Crippen LogP contribution is -2.23. The molecule has 0 saturated carbocycles. The molecule has 0 aromatic heterocycles. The van der Waals surface area contributed by atoms with Crippen molar-refractivity contribution in [2.24, 2.45) is 15.9 Å². The normalized spacial score (nSPS) is 10.7. The molecule has 0 spiro atoms. The van der Waals surface area contributed by atoms with Gasteiger partial charge in [-0.05, 0) is 67.8 Å². The van der Waals surface area contributed by atoms with Crippen LogP contribution in [0.1, 0.15) is 32.3 Å². The van der Waals surface area contributed by atoms with Gasteiger partial charge in [-0.1, -0.05) is 61.9 Å². The van der Waals surface area contributed by atoms with Crippen molar-refractivity contribution in [3.63, 3.8) is 0 Å². The summed E-state index contributed by atoms with van der Waals surface area (Å²) in [4.78, 5) is 12.8. The summed E-state index contributed by atoms with van der Waals surface area (Å²) in [7, 11) is 3.35. The number of Topliss-reactive ketones (excluding diaryl/α,β-unsaturated/α-hetero) is 1. The minimum atomic E-state index is -0.319. The van der Waals surface area contributed by atoms with Gasteiger partial charge in [0.15, 0.2) is 5.17 Å². The van der Waals surface area contributed by atoms with Crippen LogP contribution in [0.4, 0.5) is 14.5 Å². The third-order valence-corrected chi connectivity index (χ3v) is 5.92. The number of anilines is 1. The smallest absolute Gasteiger partial charge is 0.190 e. The number of ketones is 1. The van der Waals surface area contributed by atoms with Gasteiger partial charge in [-0.2, -0.15) is 5.10 Å². The van der Waals surface area contributed by atoms with Gasteiger partial charge in [0.1, 0.15) is 23.2 Å². The molecule has 2 N–H and O–H groups in total. The Morgan fingerprint density at radius 1 is 1.15 bits per heavy atom. The fourth-order valence-electron chi connectivity index (χ4n) is 2.55. The predicted octanol–water partition coefficient (Wildman–Crippen LogP) is 7.46. The van der Waals surface area contributed by atoms with Crippen LogP contribution in [0.15, 0.2) is 108 Å². The molecule has 9 heteroatoms. The first-order chi connectivity index (χ1) is 19.1. The van der Waals surface area contributed by atoms with Crippen molar-refractivity contribution in [2.75, 3.05) is 25.6 Å². The number of nitrogens with two attached hydrogens (primary N) is 1. The van der Waals surface area contributed by atoms with Crippen molar-refractivity contribution in [1.82, 2.24) is 0 Å². The maximum Gasteiger partial charge on any atom is 0.190 e. The monoisotopic (exact) mass is 570 g/mol. The third-order valence-electron chi connectivity index (χ3n) is 4.82. The maximum absolute atomic E-state index is 13.4. The number of halogens is 2. The van der Waals surface area contributed by atoms with Gasteiger partial charge in [0.05, 0.1) is 7.11 Å². The molecule has 2 aromatic carbocycles. The maximum atomic E-state index is 13.4. The molecular formula is C31H40F2N4O2S. The number of allylic oxidation sites excluding steroid dienone is 3. The van der Waals surface area contributed by atoms with Gasteiger partial charge in [-0.25, -0.2) is 8.78 Å². The Balaban J connectivity index is 0.000000970. The van der Waals surface area contributed by atoms with Gasteiger partial charge in [0, 0.05) is 37.7 Å². The average molecular weight is 571 g/mol. The van der Waals surface area contributed by atoms with Crippen LogP contribution in [0.25, 0.3) is 0 Å². The fourth-order valence-corrected chi connectivity index (χ4v) is 3.43. The van der Waals surface area contributed by atoms with Crippen LogP contribution >= 0.6 is 11.8 Å². The topological polar surface area (TPSA) is 80.3 Å². The molecule has 0 saturated heterocycles. The molecular weight excluding hydrogens is 530 g/mol. The first kappa shape index (κ1) is 36.2. The summed E-state index contributed by atoms with van der Waals surface area (Å²) in [6, 6.07) is 12.4. The molecule has 0 aliphatic rings. The predicted molar refractivity (Wildman–Crippen MR) is 168 cm³/mol. The highest BCUT2D eigenvalue weighted by Gasteiger charge is 2.11. The third kappa shape index (κ3) is 16.9. The Labute approximate surface area is 241 Å². The number of hydrogen-bond acceptors (Lipinski definition) is 6. The summed E-state index contributed by atoms with van der Waals surface area (Å²) in [5.74, 6) is 0.550. The van der Waals surface area contributed by atoms with Crippen LogP contribution in [-0.4, -0.2) is 37.9 Å². The van der Waals surface area contributed by atoms with Crippen molar-refractivity contribution in [1.29, 1.82) is 0 Å². The summed E-state index contributed by atoms with van der Waals surface area (Å²) in [6.45, 7) is 14.5. The zero-order valence-corrected chi connectivity index (χ0v) is 24.6. The van der Waals surface area contributed by atoms with Crippen LogP contribution in [0, 0.1) is 11.6 Å². The molecule has 216 valence electrons. The second kappa shape index (κ2) is 22.0. The lowest BCUT2D eigenvalue weighted by Gasteiger charge is -2.20. The van der Waals surface area contributed by atoms with E-state index in [1.54, 1.807) is 49.5 Å². The SMILES string of the molecule is C=C(CN)C(=C)OC.C=C/C=C\C.CC(=O)CC/C=N/N=C(/SCc1cccc(F)c1)N(C)c1ccc(F)cc1. The van der Waals surface area contributed by atoms with E-state index in [1.807, 2.05) is 25.1 Å². The molecule has 0 aliphatic heterocycles. The molecule has 0 atom stereocenters. The van der Waals surface area contributed by atoms with E-state index in [0.29, 0.717) is 36.1 Å². The van der Waals surface area contributed by atoms with E-state index in [4.69, 9.17) is 10.5 Å². The highest BCUT2D eigenvalue weighted by Crippen LogP contribution is 2.22. The Hall–Kier alpha value is -3.82. The van der Waals surface area contributed by atoms with Gasteiger partial charge in [0.2, 0.25) is 0 Å². The van der Waals surface area contributed by atoms with Crippen LogP contribution in [-0.2, 0) is 15.3 Å². The van der Waals surface area contributed by atoms with E-state index in [9.17, 15) is 13.6 Å². The number of benzene rings is 2. The highest BCUT2D eigenvalue weighted by molar-refractivity contribution is 8.13. The minimum absolute atomic E-state index is 0.0922. The van der Waals surface area contributed by atoms with E-state index in [-0.39, 0.29) is 17.4 Å². The summed E-state index contributed by atoms with van der Waals surface area (Å²) < 4.78 is 31.3. The molecule has 0 aliphatic carbocycles. The first-order valence-corrected chi connectivity index (χ1v) is 13.4. The van der Waals surface area contributed by atoms with Crippen LogP contribution < -0.4 is 10.6 Å². The molecule has 40 heavy (non-hydrogen) atoms. The van der Waals surface area contributed by atoms with Crippen molar-refractivity contribution in [3.05, 3.63) is 115 Å². The van der Waals surface area contributed by atoms with Crippen LogP contribution in [0.3, 0.4) is 0 Å². The van der Waals surface area contributed by atoms with Gasteiger partial charge in [-0.15, -0.1) is 5.10 Å². The molecule has 0 unspecified atom stereocenters. The van der Waals surface area contributed by atoms with E-state index in [0.717, 1.165) is 16.8 Å². The summed E-state index contributed by atoms with van der Waals surface area (Å²) in [5.41, 5.74) is 7.52. The number of ether oxygens (including phenoxy) is 1. The van der Waals surface area contributed by atoms with Crippen molar-refractivity contribution < 1.29 is 18.3 Å². The number of nitrogens with zero attached hydrogens (tertiary/aromatic N) is 3. The van der Waals surface area contributed by atoms with Gasteiger partial charge < -0.3 is 20.2 Å². The largest absolute Gasteiger partial charge is 0.497 e. The van der Waals surface area contributed by atoms with Crippen molar-refractivity contribution in [3.8, 4) is 0 Å². The summed E-state index contributed by atoms with van der Waals surface area (Å²) in [5, 5.41) is 8.84. The number of methoxy groups -OCH3 is 1. The number of hydrogen-bond donors (Lipinski definition) is 1. The number of thioether (sulfide) groups is 1. The van der Waals surface area contributed by atoms with Crippen molar-refractivity contribution >= 4 is 34.6 Å². The second-order valence-corrected chi connectivity index (χ2v) is 9.01. The van der Waals surface area contributed by atoms with Crippen LogP contribution in [0.5, 0.6) is 0 Å². The van der Waals surface area contributed by atoms with Crippen LogP contribution in [0.2, 0.25) is 0 Å². The Morgan fingerprint density at radius 2 is 1.82 bits per heavy atom. The van der Waals surface area contributed by atoms with Gasteiger partial charge in [0.25, 0.3) is 0 Å². The molecule has 0 bridgehead atoms. The lowest BCUT2D eigenvalue weighted by molar-refractivity contribution is -0.116. The van der Waals surface area contributed by atoms with E-state index >= 15 is 0 Å². The Kier molecular flexibility index (Phi) is 19.9. The zero-order valence-electron chi connectivity index (χ0n) is 23.8. The highest BCUT2D eigenvalue weighted by atomic mass is 32.2. The lowest BCUT2D eigenvalue weighted by atomic mass is 10.2. The van der Waals surface area contributed by atoms with E-state index in [1.165, 1.54) is 43.0 Å². The molecule has 6 nitrogen and oxygen atoms in total. The van der Waals surface area contributed by atoms with E-state index < -0.39 is 0 Å². The number of amidine groups is 1. The standard InChI is InChI=1S/C20H21F2N3OS.C6H11NO.C5H8/c1-15(26)5-4-12-23-24-20(25(2)19-10-8-17(21)9-11-19)27-14-16-6-3-7-18(22)13-16;1-5(4-7)6(2)8-3;1-3-5-4-2/h3,6-13H,4-5,14H2,1-2H3;1-2,4,7H2,3H3;3-5H,1H2,2H3/b23-12+,24-20+;;5-4-.